The summed E-state index contributed by atoms with van der Waals surface area (Å²) in [6.07, 6.45) is 1.43. The number of benzene rings is 2. The molecular formula is C19H20ClN3O2. The first-order chi connectivity index (χ1) is 12.0. The molecule has 5 nitrogen and oxygen atoms in total. The van der Waals surface area contributed by atoms with Crippen molar-refractivity contribution in [2.45, 2.75) is 25.8 Å². The first-order valence-electron chi connectivity index (χ1n) is 8.24. The SMILES string of the molecule is Cc1ccc(NC(=O)N2CCC[C@H]2C(=O)Nc2ccccc2Cl)cc1. The highest BCUT2D eigenvalue weighted by molar-refractivity contribution is 6.33. The van der Waals surface area contributed by atoms with Crippen molar-refractivity contribution in [2.75, 3.05) is 17.2 Å². The van der Waals surface area contributed by atoms with Crippen LogP contribution in [0.15, 0.2) is 48.5 Å². The van der Waals surface area contributed by atoms with Crippen molar-refractivity contribution < 1.29 is 9.59 Å². The quantitative estimate of drug-likeness (QED) is 0.861. The van der Waals surface area contributed by atoms with Crippen molar-refractivity contribution in [1.29, 1.82) is 0 Å². The average molecular weight is 358 g/mol. The second-order valence-corrected chi connectivity index (χ2v) is 6.52. The van der Waals surface area contributed by atoms with Gasteiger partial charge in [-0.25, -0.2) is 4.79 Å². The molecule has 1 heterocycles. The Balaban J connectivity index is 1.67. The number of rotatable bonds is 3. The molecular weight excluding hydrogens is 338 g/mol. The molecule has 0 aromatic heterocycles. The lowest BCUT2D eigenvalue weighted by Gasteiger charge is -2.24. The standard InChI is InChI=1S/C19H20ClN3O2/c1-13-8-10-14(11-9-13)21-19(25)23-12-4-7-17(23)18(24)22-16-6-3-2-5-15(16)20/h2-3,5-6,8-11,17H,4,7,12H2,1H3,(H,21,25)(H,22,24)/t17-/m0/s1. The van der Waals surface area contributed by atoms with Crippen molar-refractivity contribution in [2.24, 2.45) is 0 Å². The predicted octanol–water partition coefficient (Wildman–Crippen LogP) is 4.28. The zero-order valence-electron chi connectivity index (χ0n) is 14.0. The molecule has 130 valence electrons. The molecule has 1 fully saturated rings. The number of para-hydroxylation sites is 1. The summed E-state index contributed by atoms with van der Waals surface area (Å²) in [6, 6.07) is 13.9. The maximum atomic E-state index is 12.6. The first-order valence-corrected chi connectivity index (χ1v) is 8.62. The van der Waals surface area contributed by atoms with Gasteiger partial charge in [0.05, 0.1) is 10.7 Å². The molecule has 2 aromatic carbocycles. The third-order valence-electron chi connectivity index (χ3n) is 4.25. The Labute approximate surface area is 152 Å². The molecule has 1 aliphatic heterocycles. The summed E-state index contributed by atoms with van der Waals surface area (Å²) >= 11 is 6.09. The zero-order chi connectivity index (χ0) is 17.8. The first kappa shape index (κ1) is 17.3. The van der Waals surface area contributed by atoms with Crippen LogP contribution in [0.4, 0.5) is 16.2 Å². The number of aryl methyl sites for hydroxylation is 1. The van der Waals surface area contributed by atoms with E-state index in [1.807, 2.05) is 31.2 Å². The van der Waals surface area contributed by atoms with E-state index in [-0.39, 0.29) is 11.9 Å². The number of hydrogen-bond donors (Lipinski definition) is 2. The monoisotopic (exact) mass is 357 g/mol. The molecule has 3 rings (SSSR count). The van der Waals surface area contributed by atoms with Crippen LogP contribution in [-0.2, 0) is 4.79 Å². The zero-order valence-corrected chi connectivity index (χ0v) is 14.7. The van der Waals surface area contributed by atoms with Crippen molar-refractivity contribution in [1.82, 2.24) is 4.90 Å². The van der Waals surface area contributed by atoms with Gasteiger partial charge in [0, 0.05) is 12.2 Å². The van der Waals surface area contributed by atoms with Crippen LogP contribution in [0, 0.1) is 6.92 Å². The van der Waals surface area contributed by atoms with Crippen LogP contribution >= 0.6 is 11.6 Å². The fourth-order valence-corrected chi connectivity index (χ4v) is 3.08. The molecule has 2 N–H and O–H groups in total. The second kappa shape index (κ2) is 7.57. The average Bonchev–Trinajstić information content (AvgIpc) is 3.09. The number of likely N-dealkylation sites (tertiary alicyclic amines) is 1. The van der Waals surface area contributed by atoms with Gasteiger partial charge in [-0.15, -0.1) is 0 Å². The summed E-state index contributed by atoms with van der Waals surface area (Å²) < 4.78 is 0. The van der Waals surface area contributed by atoms with Crippen molar-refractivity contribution in [3.63, 3.8) is 0 Å². The third kappa shape index (κ3) is 4.12. The van der Waals surface area contributed by atoms with Gasteiger partial charge >= 0.3 is 6.03 Å². The number of amides is 3. The Morgan fingerprint density at radius 1 is 1.08 bits per heavy atom. The summed E-state index contributed by atoms with van der Waals surface area (Å²) in [4.78, 5) is 26.7. The molecule has 3 amide bonds. The molecule has 0 spiro atoms. The van der Waals surface area contributed by atoms with E-state index >= 15 is 0 Å². The molecule has 25 heavy (non-hydrogen) atoms. The highest BCUT2D eigenvalue weighted by atomic mass is 35.5. The third-order valence-corrected chi connectivity index (χ3v) is 4.58. The fraction of sp³-hybridized carbons (Fsp3) is 0.263. The number of anilines is 2. The highest BCUT2D eigenvalue weighted by Crippen LogP contribution is 2.24. The van der Waals surface area contributed by atoms with Crippen LogP contribution < -0.4 is 10.6 Å². The predicted molar refractivity (Wildman–Crippen MR) is 100 cm³/mol. The van der Waals surface area contributed by atoms with E-state index in [0.29, 0.717) is 29.4 Å². The number of hydrogen-bond acceptors (Lipinski definition) is 2. The molecule has 0 unspecified atom stereocenters. The Bertz CT molecular complexity index is 776. The van der Waals surface area contributed by atoms with Gasteiger partial charge < -0.3 is 15.5 Å². The van der Waals surface area contributed by atoms with E-state index in [9.17, 15) is 9.59 Å². The maximum Gasteiger partial charge on any atom is 0.322 e. The largest absolute Gasteiger partial charge is 0.323 e. The molecule has 0 bridgehead atoms. The molecule has 0 saturated carbocycles. The number of nitrogens with one attached hydrogen (secondary N) is 2. The van der Waals surface area contributed by atoms with Gasteiger partial charge in [-0.3, -0.25) is 4.79 Å². The molecule has 1 saturated heterocycles. The molecule has 1 aliphatic rings. The van der Waals surface area contributed by atoms with E-state index in [0.717, 1.165) is 12.0 Å². The van der Waals surface area contributed by atoms with E-state index in [4.69, 9.17) is 11.6 Å². The van der Waals surface area contributed by atoms with Crippen LogP contribution in [0.5, 0.6) is 0 Å². The lowest BCUT2D eigenvalue weighted by molar-refractivity contribution is -0.119. The molecule has 6 heteroatoms. The Hall–Kier alpha value is -2.53. The Morgan fingerprint density at radius 3 is 2.52 bits per heavy atom. The lowest BCUT2D eigenvalue weighted by Crippen LogP contribution is -2.45. The highest BCUT2D eigenvalue weighted by Gasteiger charge is 2.34. The smallest absolute Gasteiger partial charge is 0.322 e. The van der Waals surface area contributed by atoms with Gasteiger partial charge in [0.1, 0.15) is 6.04 Å². The van der Waals surface area contributed by atoms with Crippen LogP contribution in [0.25, 0.3) is 0 Å². The topological polar surface area (TPSA) is 61.4 Å². The molecule has 1 atom stereocenters. The summed E-state index contributed by atoms with van der Waals surface area (Å²) in [5.74, 6) is -0.218. The summed E-state index contributed by atoms with van der Waals surface area (Å²) in [6.45, 7) is 2.54. The van der Waals surface area contributed by atoms with E-state index in [2.05, 4.69) is 10.6 Å². The van der Waals surface area contributed by atoms with Gasteiger partial charge in [-0.05, 0) is 44.0 Å². The molecule has 2 aromatic rings. The van der Waals surface area contributed by atoms with Gasteiger partial charge in [0.25, 0.3) is 0 Å². The minimum Gasteiger partial charge on any atom is -0.323 e. The van der Waals surface area contributed by atoms with Gasteiger partial charge in [0.2, 0.25) is 5.91 Å². The van der Waals surface area contributed by atoms with E-state index in [1.54, 1.807) is 29.2 Å². The van der Waals surface area contributed by atoms with Gasteiger partial charge in [-0.2, -0.15) is 0 Å². The van der Waals surface area contributed by atoms with Crippen molar-refractivity contribution in [3.8, 4) is 0 Å². The Kier molecular flexibility index (Phi) is 5.24. The van der Waals surface area contributed by atoms with Crippen LogP contribution in [-0.4, -0.2) is 29.4 Å². The lowest BCUT2D eigenvalue weighted by atomic mass is 10.2. The minimum atomic E-state index is -0.498. The summed E-state index contributed by atoms with van der Waals surface area (Å²) in [5.41, 5.74) is 2.39. The molecule has 0 aliphatic carbocycles. The fourth-order valence-electron chi connectivity index (χ4n) is 2.89. The van der Waals surface area contributed by atoms with E-state index in [1.165, 1.54) is 0 Å². The number of halogens is 1. The summed E-state index contributed by atoms with van der Waals surface area (Å²) in [7, 11) is 0. The number of urea groups is 1. The van der Waals surface area contributed by atoms with Crippen LogP contribution in [0.1, 0.15) is 18.4 Å². The maximum absolute atomic E-state index is 12.6. The van der Waals surface area contributed by atoms with Gasteiger partial charge in [0.15, 0.2) is 0 Å². The summed E-state index contributed by atoms with van der Waals surface area (Å²) in [5, 5.41) is 6.14. The number of carbonyl (C=O) groups excluding carboxylic acids is 2. The normalized spacial score (nSPS) is 16.6. The van der Waals surface area contributed by atoms with Crippen LogP contribution in [0.3, 0.4) is 0 Å². The second-order valence-electron chi connectivity index (χ2n) is 6.12. The van der Waals surface area contributed by atoms with E-state index < -0.39 is 6.04 Å². The van der Waals surface area contributed by atoms with Gasteiger partial charge in [-0.1, -0.05) is 41.4 Å². The van der Waals surface area contributed by atoms with Crippen molar-refractivity contribution >= 4 is 34.9 Å². The van der Waals surface area contributed by atoms with Crippen molar-refractivity contribution in [3.05, 3.63) is 59.1 Å². The van der Waals surface area contributed by atoms with Crippen LogP contribution in [0.2, 0.25) is 5.02 Å². The molecule has 0 radical (unpaired) electrons. The minimum absolute atomic E-state index is 0.218. The number of nitrogens with zero attached hydrogens (tertiary/aromatic N) is 1. The Morgan fingerprint density at radius 2 is 1.80 bits per heavy atom. The number of carbonyl (C=O) groups is 2.